The third-order valence-electron chi connectivity index (χ3n) is 5.54. The number of aromatic amines is 1. The molecular weight excluding hydrogens is 374 g/mol. The lowest BCUT2D eigenvalue weighted by molar-refractivity contribution is 0.503. The second-order valence-corrected chi connectivity index (χ2v) is 7.46. The van der Waals surface area contributed by atoms with Gasteiger partial charge in [0.25, 0.3) is 0 Å². The first-order valence-electron chi connectivity index (χ1n) is 9.62. The maximum Gasteiger partial charge on any atom is 0.222 e. The van der Waals surface area contributed by atoms with Gasteiger partial charge in [0.05, 0.1) is 16.6 Å². The Hall–Kier alpha value is -4.03. The topological polar surface area (TPSA) is 94.3 Å². The van der Waals surface area contributed by atoms with Crippen LogP contribution in [0, 0.1) is 57.3 Å². The summed E-state index contributed by atoms with van der Waals surface area (Å²) in [6.45, 7) is 9.63. The molecule has 0 aliphatic rings. The standard InChI is InChI=1S/C24H21N5O/c1-13-7-6-8-21-22(13)28-23(27-21)19(11-25)10-18-9-14(2)29(16(18)4)24-20(12-26)15(3)17(5)30-24/h6-10H,1-5H3,(H,27,28)/b19-10+. The normalized spacial score (nSPS) is 11.6. The van der Waals surface area contributed by atoms with Crippen LogP contribution in [-0.2, 0) is 0 Å². The van der Waals surface area contributed by atoms with Crippen LogP contribution in [0.2, 0.25) is 0 Å². The molecule has 0 atom stereocenters. The first-order chi connectivity index (χ1) is 14.3. The molecule has 3 heterocycles. The Morgan fingerprint density at radius 1 is 1.17 bits per heavy atom. The summed E-state index contributed by atoms with van der Waals surface area (Å²) in [7, 11) is 0. The van der Waals surface area contributed by atoms with E-state index in [9.17, 15) is 10.5 Å². The van der Waals surface area contributed by atoms with Gasteiger partial charge in [-0.25, -0.2) is 4.98 Å². The molecule has 0 amide bonds. The lowest BCUT2D eigenvalue weighted by atomic mass is 10.1. The van der Waals surface area contributed by atoms with Crippen LogP contribution in [0.4, 0.5) is 0 Å². The molecular formula is C24H21N5O. The van der Waals surface area contributed by atoms with Gasteiger partial charge in [-0.1, -0.05) is 12.1 Å². The van der Waals surface area contributed by atoms with E-state index in [2.05, 4.69) is 22.1 Å². The number of nitrogens with one attached hydrogen (secondary N) is 1. The molecule has 0 bridgehead atoms. The van der Waals surface area contributed by atoms with Gasteiger partial charge in [0, 0.05) is 17.0 Å². The molecule has 4 rings (SSSR count). The van der Waals surface area contributed by atoms with Crippen molar-refractivity contribution in [2.75, 3.05) is 0 Å². The van der Waals surface area contributed by atoms with Gasteiger partial charge < -0.3 is 9.40 Å². The van der Waals surface area contributed by atoms with Gasteiger partial charge in [-0.3, -0.25) is 4.57 Å². The van der Waals surface area contributed by atoms with Gasteiger partial charge in [-0.15, -0.1) is 0 Å². The number of H-pyrrole nitrogens is 1. The van der Waals surface area contributed by atoms with E-state index >= 15 is 0 Å². The number of rotatable bonds is 3. The maximum absolute atomic E-state index is 9.79. The molecule has 0 aliphatic carbocycles. The number of aromatic nitrogens is 3. The van der Waals surface area contributed by atoms with E-state index in [4.69, 9.17) is 4.42 Å². The van der Waals surface area contributed by atoms with Crippen LogP contribution in [-0.4, -0.2) is 14.5 Å². The Balaban J connectivity index is 1.85. The number of fused-ring (bicyclic) bond motifs is 1. The fourth-order valence-corrected chi connectivity index (χ4v) is 3.76. The average Bonchev–Trinajstić information content (AvgIpc) is 3.35. The molecule has 148 valence electrons. The number of nitriles is 2. The summed E-state index contributed by atoms with van der Waals surface area (Å²) < 4.78 is 7.82. The lowest BCUT2D eigenvalue weighted by Gasteiger charge is -2.06. The minimum atomic E-state index is 0.443. The maximum atomic E-state index is 9.79. The predicted molar refractivity (Wildman–Crippen MR) is 116 cm³/mol. The van der Waals surface area contributed by atoms with Crippen LogP contribution in [0.25, 0.3) is 28.6 Å². The van der Waals surface area contributed by atoms with E-state index in [1.165, 1.54) is 0 Å². The third kappa shape index (κ3) is 2.91. The zero-order valence-corrected chi connectivity index (χ0v) is 17.6. The van der Waals surface area contributed by atoms with E-state index in [0.717, 1.165) is 44.9 Å². The van der Waals surface area contributed by atoms with Crippen LogP contribution in [0.15, 0.2) is 28.7 Å². The number of allylic oxidation sites excluding steroid dienone is 1. The van der Waals surface area contributed by atoms with Crippen molar-refractivity contribution < 1.29 is 4.42 Å². The van der Waals surface area contributed by atoms with E-state index in [1.54, 1.807) is 0 Å². The molecule has 1 N–H and O–H groups in total. The van der Waals surface area contributed by atoms with E-state index in [-0.39, 0.29) is 0 Å². The number of para-hydroxylation sites is 1. The molecule has 0 saturated heterocycles. The largest absolute Gasteiger partial charge is 0.443 e. The summed E-state index contributed by atoms with van der Waals surface area (Å²) in [6, 6.07) is 12.4. The fraction of sp³-hybridized carbons (Fsp3) is 0.208. The highest BCUT2D eigenvalue weighted by atomic mass is 16.4. The summed E-state index contributed by atoms with van der Waals surface area (Å²) in [5, 5.41) is 19.4. The SMILES string of the molecule is Cc1oc(-n2c(C)cc(/C=C(\C#N)c3nc4c(C)cccc4[nH]3)c2C)c(C#N)c1C. The van der Waals surface area contributed by atoms with Gasteiger partial charge in [0.2, 0.25) is 5.88 Å². The zero-order valence-electron chi connectivity index (χ0n) is 17.6. The summed E-state index contributed by atoms with van der Waals surface area (Å²) in [5.74, 6) is 1.77. The van der Waals surface area contributed by atoms with Gasteiger partial charge >= 0.3 is 0 Å². The second-order valence-electron chi connectivity index (χ2n) is 7.46. The van der Waals surface area contributed by atoms with Crippen LogP contribution in [0.5, 0.6) is 0 Å². The number of benzene rings is 1. The second kappa shape index (κ2) is 7.09. The van der Waals surface area contributed by atoms with Crippen LogP contribution < -0.4 is 0 Å². The number of hydrogen-bond acceptors (Lipinski definition) is 4. The molecule has 1 aromatic carbocycles. The van der Waals surface area contributed by atoms with Gasteiger partial charge in [-0.05, 0) is 64.0 Å². The third-order valence-corrected chi connectivity index (χ3v) is 5.54. The summed E-state index contributed by atoms with van der Waals surface area (Å²) in [6.07, 6.45) is 1.82. The molecule has 4 aromatic rings. The monoisotopic (exact) mass is 395 g/mol. The van der Waals surface area contributed by atoms with Crippen molar-refractivity contribution in [3.05, 3.63) is 69.5 Å². The first-order valence-corrected chi connectivity index (χ1v) is 9.62. The van der Waals surface area contributed by atoms with Crippen molar-refractivity contribution in [1.29, 1.82) is 10.5 Å². The van der Waals surface area contributed by atoms with Crippen LogP contribution >= 0.6 is 0 Å². The molecule has 3 aromatic heterocycles. The van der Waals surface area contributed by atoms with Crippen LogP contribution in [0.3, 0.4) is 0 Å². The summed E-state index contributed by atoms with van der Waals surface area (Å²) in [4.78, 5) is 7.86. The Morgan fingerprint density at radius 2 is 1.93 bits per heavy atom. The van der Waals surface area contributed by atoms with Crippen molar-refractivity contribution in [1.82, 2.24) is 14.5 Å². The molecule has 0 saturated carbocycles. The Labute approximate surface area is 174 Å². The highest BCUT2D eigenvalue weighted by Crippen LogP contribution is 2.30. The van der Waals surface area contributed by atoms with Gasteiger partial charge in [0.15, 0.2) is 0 Å². The van der Waals surface area contributed by atoms with E-state index < -0.39 is 0 Å². The van der Waals surface area contributed by atoms with Crippen LogP contribution in [0.1, 0.15) is 45.2 Å². The Kier molecular flexibility index (Phi) is 4.56. The highest BCUT2D eigenvalue weighted by Gasteiger charge is 2.20. The summed E-state index contributed by atoms with van der Waals surface area (Å²) in [5.41, 5.74) is 7.30. The van der Waals surface area contributed by atoms with Crippen molar-refractivity contribution in [2.24, 2.45) is 0 Å². The van der Waals surface area contributed by atoms with Crippen molar-refractivity contribution in [2.45, 2.75) is 34.6 Å². The Morgan fingerprint density at radius 3 is 2.60 bits per heavy atom. The van der Waals surface area contributed by atoms with Crippen molar-refractivity contribution >= 4 is 22.7 Å². The number of furan rings is 1. The summed E-state index contributed by atoms with van der Waals surface area (Å²) >= 11 is 0. The molecule has 0 spiro atoms. The van der Waals surface area contributed by atoms with E-state index in [0.29, 0.717) is 22.8 Å². The number of nitrogens with zero attached hydrogens (tertiary/aromatic N) is 4. The van der Waals surface area contributed by atoms with Crippen molar-refractivity contribution in [3.8, 4) is 18.0 Å². The van der Waals surface area contributed by atoms with Gasteiger partial charge in [-0.2, -0.15) is 10.5 Å². The quantitative estimate of drug-likeness (QED) is 0.468. The average molecular weight is 395 g/mol. The number of hydrogen-bond donors (Lipinski definition) is 1. The molecule has 0 radical (unpaired) electrons. The smallest absolute Gasteiger partial charge is 0.222 e. The highest BCUT2D eigenvalue weighted by molar-refractivity contribution is 5.91. The number of imidazole rings is 1. The molecule has 0 aliphatic heterocycles. The number of aryl methyl sites for hydroxylation is 3. The van der Waals surface area contributed by atoms with Crippen molar-refractivity contribution in [3.63, 3.8) is 0 Å². The molecule has 0 unspecified atom stereocenters. The molecule has 30 heavy (non-hydrogen) atoms. The molecule has 6 nitrogen and oxygen atoms in total. The molecule has 0 fully saturated rings. The van der Waals surface area contributed by atoms with Gasteiger partial charge in [0.1, 0.15) is 29.3 Å². The minimum absolute atomic E-state index is 0.443. The predicted octanol–water partition coefficient (Wildman–Crippen LogP) is 5.42. The minimum Gasteiger partial charge on any atom is -0.443 e. The lowest BCUT2D eigenvalue weighted by Crippen LogP contribution is -2.00. The van der Waals surface area contributed by atoms with E-state index in [1.807, 2.05) is 69.5 Å². The fourth-order valence-electron chi connectivity index (χ4n) is 3.76. The molecule has 6 heteroatoms. The Bertz CT molecular complexity index is 1410. The zero-order chi connectivity index (χ0) is 21.6. The first kappa shape index (κ1) is 19.3.